The molecular weight excluding hydrogens is 386 g/mol. The molecule has 6 nitrogen and oxygen atoms in total. The fraction of sp³-hybridized carbons (Fsp3) is 0.0455. The van der Waals surface area contributed by atoms with Gasteiger partial charge in [0, 0.05) is 24.2 Å². The van der Waals surface area contributed by atoms with Crippen molar-refractivity contribution < 1.29 is 14.3 Å². The summed E-state index contributed by atoms with van der Waals surface area (Å²) in [5, 5.41) is 5.97. The van der Waals surface area contributed by atoms with E-state index < -0.39 is 0 Å². The number of rotatable bonds is 5. The predicted molar refractivity (Wildman–Crippen MR) is 115 cm³/mol. The van der Waals surface area contributed by atoms with E-state index >= 15 is 0 Å². The van der Waals surface area contributed by atoms with Gasteiger partial charge in [0.05, 0.1) is 10.2 Å². The lowest BCUT2D eigenvalue weighted by atomic mass is 10.2. The van der Waals surface area contributed by atoms with E-state index in [1.807, 2.05) is 48.5 Å². The molecule has 0 spiro atoms. The number of anilines is 2. The fourth-order valence-electron chi connectivity index (χ4n) is 2.76. The zero-order chi connectivity index (χ0) is 20.2. The molecule has 144 valence electrons. The lowest BCUT2D eigenvalue weighted by Gasteiger charge is -2.05. The van der Waals surface area contributed by atoms with Gasteiger partial charge in [-0.2, -0.15) is 0 Å². The average Bonchev–Trinajstić information content (AvgIpc) is 3.10. The molecule has 1 aromatic heterocycles. The highest BCUT2D eigenvalue weighted by Crippen LogP contribution is 2.31. The Kier molecular flexibility index (Phi) is 5.22. The van der Waals surface area contributed by atoms with E-state index in [0.29, 0.717) is 22.1 Å². The van der Waals surface area contributed by atoms with E-state index in [-0.39, 0.29) is 11.8 Å². The summed E-state index contributed by atoms with van der Waals surface area (Å²) in [6, 6.07) is 21.9. The molecule has 0 unspecified atom stereocenters. The topological polar surface area (TPSA) is 80.3 Å². The number of carbonyl (C=O) groups is 2. The zero-order valence-electron chi connectivity index (χ0n) is 15.5. The Balaban J connectivity index is 1.51. The molecular formula is C22H17N3O3S. The number of thiazole rings is 1. The van der Waals surface area contributed by atoms with Crippen LogP contribution in [-0.4, -0.2) is 16.8 Å². The van der Waals surface area contributed by atoms with Crippen LogP contribution < -0.4 is 15.4 Å². The van der Waals surface area contributed by atoms with Gasteiger partial charge >= 0.3 is 0 Å². The first-order valence-corrected chi connectivity index (χ1v) is 9.71. The van der Waals surface area contributed by atoms with Gasteiger partial charge < -0.3 is 10.1 Å². The van der Waals surface area contributed by atoms with Crippen LogP contribution in [-0.2, 0) is 4.79 Å². The van der Waals surface area contributed by atoms with Crippen LogP contribution in [0, 0.1) is 0 Å². The van der Waals surface area contributed by atoms with Crippen molar-refractivity contribution in [1.82, 2.24) is 4.98 Å². The largest absolute Gasteiger partial charge is 0.457 e. The average molecular weight is 403 g/mol. The molecule has 3 aromatic carbocycles. The molecule has 0 bridgehead atoms. The third-order valence-electron chi connectivity index (χ3n) is 4.00. The van der Waals surface area contributed by atoms with Crippen LogP contribution in [0.2, 0.25) is 0 Å². The number of nitrogens with one attached hydrogen (secondary N) is 2. The third kappa shape index (κ3) is 4.59. The van der Waals surface area contributed by atoms with Crippen LogP contribution in [0.25, 0.3) is 10.2 Å². The van der Waals surface area contributed by atoms with E-state index in [9.17, 15) is 9.59 Å². The summed E-state index contributed by atoms with van der Waals surface area (Å²) >= 11 is 1.37. The second-order valence-electron chi connectivity index (χ2n) is 6.28. The standard InChI is InChI=1S/C22H17N3O3S/c1-14(26)23-16-7-5-6-15(12-16)21(27)25-22-24-19-11-10-18(13-20(19)29-22)28-17-8-3-2-4-9-17/h2-13H,1H3,(H,23,26)(H,24,25,27). The minimum atomic E-state index is -0.294. The van der Waals surface area contributed by atoms with E-state index in [2.05, 4.69) is 15.6 Å². The Morgan fingerprint density at radius 3 is 2.52 bits per heavy atom. The van der Waals surface area contributed by atoms with Crippen molar-refractivity contribution >= 4 is 44.2 Å². The summed E-state index contributed by atoms with van der Waals surface area (Å²) in [4.78, 5) is 28.2. The molecule has 2 N–H and O–H groups in total. The van der Waals surface area contributed by atoms with Gasteiger partial charge in [-0.25, -0.2) is 4.98 Å². The van der Waals surface area contributed by atoms with Crippen LogP contribution in [0.3, 0.4) is 0 Å². The Hall–Kier alpha value is -3.71. The second kappa shape index (κ2) is 8.12. The van der Waals surface area contributed by atoms with Gasteiger partial charge in [0.25, 0.3) is 5.91 Å². The van der Waals surface area contributed by atoms with Crippen LogP contribution in [0.1, 0.15) is 17.3 Å². The van der Waals surface area contributed by atoms with Gasteiger partial charge in [-0.1, -0.05) is 35.6 Å². The first kappa shape index (κ1) is 18.6. The normalized spacial score (nSPS) is 10.5. The van der Waals surface area contributed by atoms with Crippen molar-refractivity contribution in [2.75, 3.05) is 10.6 Å². The summed E-state index contributed by atoms with van der Waals surface area (Å²) in [5.74, 6) is 0.969. The highest BCUT2D eigenvalue weighted by Gasteiger charge is 2.11. The quantitative estimate of drug-likeness (QED) is 0.474. The summed E-state index contributed by atoms with van der Waals surface area (Å²) < 4.78 is 6.75. The fourth-order valence-corrected chi connectivity index (χ4v) is 3.65. The molecule has 1 heterocycles. The number of para-hydroxylation sites is 1. The summed E-state index contributed by atoms with van der Waals surface area (Å²) in [6.45, 7) is 1.42. The highest BCUT2D eigenvalue weighted by atomic mass is 32.1. The minimum Gasteiger partial charge on any atom is -0.457 e. The number of amides is 2. The second-order valence-corrected chi connectivity index (χ2v) is 7.31. The molecule has 7 heteroatoms. The maximum Gasteiger partial charge on any atom is 0.257 e. The van der Waals surface area contributed by atoms with Crippen LogP contribution in [0.15, 0.2) is 72.8 Å². The number of aromatic nitrogens is 1. The first-order valence-electron chi connectivity index (χ1n) is 8.89. The van der Waals surface area contributed by atoms with Crippen molar-refractivity contribution in [1.29, 1.82) is 0 Å². The van der Waals surface area contributed by atoms with Crippen LogP contribution in [0.5, 0.6) is 11.5 Å². The molecule has 0 radical (unpaired) electrons. The molecule has 0 aliphatic carbocycles. The van der Waals surface area contributed by atoms with Crippen LogP contribution in [0.4, 0.5) is 10.8 Å². The van der Waals surface area contributed by atoms with E-state index in [4.69, 9.17) is 4.74 Å². The van der Waals surface area contributed by atoms with Gasteiger partial charge in [0.2, 0.25) is 5.91 Å². The number of nitrogens with zero attached hydrogens (tertiary/aromatic N) is 1. The molecule has 0 aliphatic rings. The van der Waals surface area contributed by atoms with Gasteiger partial charge in [0.1, 0.15) is 11.5 Å². The Morgan fingerprint density at radius 1 is 0.897 bits per heavy atom. The number of fused-ring (bicyclic) bond motifs is 1. The zero-order valence-corrected chi connectivity index (χ0v) is 16.3. The first-order chi connectivity index (χ1) is 14.1. The van der Waals surface area contributed by atoms with Gasteiger partial charge in [0.15, 0.2) is 5.13 Å². The summed E-state index contributed by atoms with van der Waals surface area (Å²) in [7, 11) is 0. The highest BCUT2D eigenvalue weighted by molar-refractivity contribution is 7.22. The molecule has 0 atom stereocenters. The number of hydrogen-bond donors (Lipinski definition) is 2. The molecule has 4 rings (SSSR count). The number of hydrogen-bond acceptors (Lipinski definition) is 5. The smallest absolute Gasteiger partial charge is 0.257 e. The summed E-state index contributed by atoms with van der Waals surface area (Å²) in [5.41, 5.74) is 1.78. The Morgan fingerprint density at radius 2 is 1.72 bits per heavy atom. The Labute approximate surface area is 171 Å². The third-order valence-corrected chi connectivity index (χ3v) is 4.94. The lowest BCUT2D eigenvalue weighted by Crippen LogP contribution is -2.12. The van der Waals surface area contributed by atoms with Gasteiger partial charge in [-0.3, -0.25) is 14.9 Å². The monoisotopic (exact) mass is 403 g/mol. The number of ether oxygens (including phenoxy) is 1. The number of carbonyl (C=O) groups excluding carboxylic acids is 2. The van der Waals surface area contributed by atoms with Crippen molar-refractivity contribution in [2.24, 2.45) is 0 Å². The van der Waals surface area contributed by atoms with Gasteiger partial charge in [-0.15, -0.1) is 0 Å². The van der Waals surface area contributed by atoms with Gasteiger partial charge in [-0.05, 0) is 42.5 Å². The van der Waals surface area contributed by atoms with E-state index in [1.165, 1.54) is 18.3 Å². The maximum atomic E-state index is 12.6. The lowest BCUT2D eigenvalue weighted by molar-refractivity contribution is -0.114. The molecule has 0 saturated heterocycles. The molecule has 2 amide bonds. The van der Waals surface area contributed by atoms with Crippen molar-refractivity contribution in [3.8, 4) is 11.5 Å². The van der Waals surface area contributed by atoms with E-state index in [0.717, 1.165) is 16.0 Å². The Bertz CT molecular complexity index is 1190. The SMILES string of the molecule is CC(=O)Nc1cccc(C(=O)Nc2nc3ccc(Oc4ccccc4)cc3s2)c1. The predicted octanol–water partition coefficient (Wildman–Crippen LogP) is 5.30. The van der Waals surface area contributed by atoms with Crippen molar-refractivity contribution in [3.63, 3.8) is 0 Å². The molecule has 0 aliphatic heterocycles. The number of benzene rings is 3. The maximum absolute atomic E-state index is 12.6. The molecule has 0 saturated carbocycles. The molecule has 29 heavy (non-hydrogen) atoms. The van der Waals surface area contributed by atoms with E-state index in [1.54, 1.807) is 24.3 Å². The summed E-state index contributed by atoms with van der Waals surface area (Å²) in [6.07, 6.45) is 0. The van der Waals surface area contributed by atoms with Crippen molar-refractivity contribution in [3.05, 3.63) is 78.4 Å². The van der Waals surface area contributed by atoms with Crippen LogP contribution >= 0.6 is 11.3 Å². The molecule has 0 fully saturated rings. The molecule has 4 aromatic rings. The van der Waals surface area contributed by atoms with Crippen molar-refractivity contribution in [2.45, 2.75) is 6.92 Å². The minimum absolute atomic E-state index is 0.192.